The van der Waals surface area contributed by atoms with Gasteiger partial charge < -0.3 is 15.4 Å². The monoisotopic (exact) mass is 408 g/mol. The zero-order chi connectivity index (χ0) is 18.4. The summed E-state index contributed by atoms with van der Waals surface area (Å²) >= 11 is 1.29. The number of hydrogen-bond donors (Lipinski definition) is 2. The molecule has 0 spiro atoms. The molecule has 0 radical (unpaired) electrons. The number of carbonyl (C=O) groups excluding carboxylic acids is 1. The standard InChI is InChI=1S/C20H21FN2O2S.ClH/c1-2-22-11-12-23-20(24)19-15(13-25-14-7-4-3-5-8-14)18-16(21)9-6-10-17(18)26-19;/h3-10,22H,2,11-13H2,1H3,(H,23,24);1H. The highest BCUT2D eigenvalue weighted by molar-refractivity contribution is 7.21. The smallest absolute Gasteiger partial charge is 0.261 e. The summed E-state index contributed by atoms with van der Waals surface area (Å²) in [6, 6.07) is 14.2. The van der Waals surface area contributed by atoms with Crippen LogP contribution in [0.25, 0.3) is 10.1 Å². The van der Waals surface area contributed by atoms with Crippen LogP contribution in [0.3, 0.4) is 0 Å². The maximum Gasteiger partial charge on any atom is 0.261 e. The summed E-state index contributed by atoms with van der Waals surface area (Å²) in [6.07, 6.45) is 0. The van der Waals surface area contributed by atoms with Crippen molar-refractivity contribution in [3.63, 3.8) is 0 Å². The van der Waals surface area contributed by atoms with Crippen LogP contribution < -0.4 is 15.4 Å². The summed E-state index contributed by atoms with van der Waals surface area (Å²) in [5, 5.41) is 6.50. The van der Waals surface area contributed by atoms with Crippen LogP contribution in [0.4, 0.5) is 4.39 Å². The molecule has 3 rings (SSSR count). The first kappa shape index (κ1) is 21.2. The average Bonchev–Trinajstić information content (AvgIpc) is 3.04. The van der Waals surface area contributed by atoms with Gasteiger partial charge in [-0.3, -0.25) is 4.79 Å². The maximum atomic E-state index is 14.4. The van der Waals surface area contributed by atoms with Crippen molar-refractivity contribution in [2.75, 3.05) is 19.6 Å². The van der Waals surface area contributed by atoms with Crippen molar-refractivity contribution in [2.45, 2.75) is 13.5 Å². The molecule has 2 N–H and O–H groups in total. The summed E-state index contributed by atoms with van der Waals surface area (Å²) < 4.78 is 21.0. The van der Waals surface area contributed by atoms with Gasteiger partial charge in [0.25, 0.3) is 5.91 Å². The first-order valence-corrected chi connectivity index (χ1v) is 9.39. The van der Waals surface area contributed by atoms with Crippen molar-refractivity contribution in [1.82, 2.24) is 10.6 Å². The first-order valence-electron chi connectivity index (χ1n) is 8.57. The average molecular weight is 409 g/mol. The number of thiophene rings is 1. The fraction of sp³-hybridized carbons (Fsp3) is 0.250. The van der Waals surface area contributed by atoms with E-state index >= 15 is 0 Å². The molecule has 0 fully saturated rings. The Labute approximate surface area is 168 Å². The molecule has 0 aliphatic rings. The number of ether oxygens (including phenoxy) is 1. The van der Waals surface area contributed by atoms with E-state index in [0.717, 1.165) is 11.2 Å². The van der Waals surface area contributed by atoms with E-state index in [1.165, 1.54) is 17.4 Å². The van der Waals surface area contributed by atoms with Gasteiger partial charge in [-0.1, -0.05) is 31.2 Å². The van der Waals surface area contributed by atoms with Crippen LogP contribution >= 0.6 is 23.7 Å². The van der Waals surface area contributed by atoms with Crippen molar-refractivity contribution in [1.29, 1.82) is 0 Å². The predicted octanol–water partition coefficient (Wildman–Crippen LogP) is 4.38. The fourth-order valence-corrected chi connectivity index (χ4v) is 3.82. The topological polar surface area (TPSA) is 50.4 Å². The summed E-state index contributed by atoms with van der Waals surface area (Å²) in [5.74, 6) is 0.147. The molecular formula is C20H22ClFN2O2S. The quantitative estimate of drug-likeness (QED) is 0.544. The van der Waals surface area contributed by atoms with E-state index in [1.54, 1.807) is 6.07 Å². The zero-order valence-corrected chi connectivity index (χ0v) is 16.6. The summed E-state index contributed by atoms with van der Waals surface area (Å²) in [5.41, 5.74) is 0.591. The largest absolute Gasteiger partial charge is 0.489 e. The molecule has 1 amide bonds. The number of hydrogen-bond acceptors (Lipinski definition) is 4. The summed E-state index contributed by atoms with van der Waals surface area (Å²) in [6.45, 7) is 4.20. The molecule has 1 heterocycles. The van der Waals surface area contributed by atoms with Crippen LogP contribution in [-0.2, 0) is 6.61 Å². The summed E-state index contributed by atoms with van der Waals surface area (Å²) in [7, 11) is 0. The SMILES string of the molecule is CCNCCNC(=O)c1sc2cccc(F)c2c1COc1ccccc1.Cl. The van der Waals surface area contributed by atoms with Gasteiger partial charge in [-0.2, -0.15) is 0 Å². The fourth-order valence-electron chi connectivity index (χ4n) is 2.68. The van der Waals surface area contributed by atoms with Crippen molar-refractivity contribution < 1.29 is 13.9 Å². The second-order valence-electron chi connectivity index (χ2n) is 5.73. The molecule has 27 heavy (non-hydrogen) atoms. The third-order valence-electron chi connectivity index (χ3n) is 3.93. The predicted molar refractivity (Wildman–Crippen MR) is 111 cm³/mol. The van der Waals surface area contributed by atoms with Crippen molar-refractivity contribution in [3.8, 4) is 5.75 Å². The highest BCUT2D eigenvalue weighted by Gasteiger charge is 2.21. The van der Waals surface area contributed by atoms with Crippen LogP contribution in [0.2, 0.25) is 0 Å². The lowest BCUT2D eigenvalue weighted by Crippen LogP contribution is -2.31. The number of nitrogens with one attached hydrogen (secondary N) is 2. The lowest BCUT2D eigenvalue weighted by molar-refractivity contribution is 0.0956. The molecule has 0 bridgehead atoms. The maximum absolute atomic E-state index is 14.4. The van der Waals surface area contributed by atoms with E-state index in [9.17, 15) is 9.18 Å². The minimum Gasteiger partial charge on any atom is -0.489 e. The molecule has 1 aromatic heterocycles. The molecule has 0 unspecified atom stereocenters. The van der Waals surface area contributed by atoms with Crippen molar-refractivity contribution in [3.05, 3.63) is 64.8 Å². The van der Waals surface area contributed by atoms with Gasteiger partial charge in [0.2, 0.25) is 0 Å². The molecule has 144 valence electrons. The van der Waals surface area contributed by atoms with Gasteiger partial charge in [0.1, 0.15) is 18.2 Å². The Morgan fingerprint density at radius 3 is 2.63 bits per heavy atom. The minimum atomic E-state index is -0.336. The van der Waals surface area contributed by atoms with Gasteiger partial charge in [-0.15, -0.1) is 23.7 Å². The third-order valence-corrected chi connectivity index (χ3v) is 5.13. The van der Waals surface area contributed by atoms with Crippen LogP contribution in [-0.4, -0.2) is 25.5 Å². The number of amides is 1. The van der Waals surface area contributed by atoms with Crippen molar-refractivity contribution in [2.24, 2.45) is 0 Å². The Balaban J connectivity index is 0.00000261. The normalized spacial score (nSPS) is 10.4. The zero-order valence-electron chi connectivity index (χ0n) is 15.0. The van der Waals surface area contributed by atoms with Gasteiger partial charge in [0.05, 0.1) is 4.88 Å². The van der Waals surface area contributed by atoms with Crippen LogP contribution in [0.1, 0.15) is 22.2 Å². The van der Waals surface area contributed by atoms with E-state index < -0.39 is 0 Å². The van der Waals surface area contributed by atoms with E-state index in [-0.39, 0.29) is 30.7 Å². The molecule has 2 aromatic carbocycles. The van der Waals surface area contributed by atoms with Crippen molar-refractivity contribution >= 4 is 39.7 Å². The Hall–Kier alpha value is -2.15. The number of fused-ring (bicyclic) bond motifs is 1. The highest BCUT2D eigenvalue weighted by Crippen LogP contribution is 2.34. The Bertz CT molecular complexity index is 886. The second kappa shape index (κ2) is 10.3. The van der Waals surface area contributed by atoms with Gasteiger partial charge in [-0.05, 0) is 30.8 Å². The molecular weight excluding hydrogens is 387 g/mol. The molecule has 3 aromatic rings. The number of likely N-dealkylation sites (N-methyl/N-ethyl adjacent to an activating group) is 1. The Kier molecular flexibility index (Phi) is 8.03. The highest BCUT2D eigenvalue weighted by atomic mass is 35.5. The summed E-state index contributed by atoms with van der Waals surface area (Å²) in [4.78, 5) is 13.1. The Morgan fingerprint density at radius 1 is 1.11 bits per heavy atom. The Morgan fingerprint density at radius 2 is 1.89 bits per heavy atom. The molecule has 4 nitrogen and oxygen atoms in total. The third kappa shape index (κ3) is 5.19. The lowest BCUT2D eigenvalue weighted by atomic mass is 10.1. The number of carbonyl (C=O) groups is 1. The van der Waals surface area contributed by atoms with E-state index in [1.807, 2.05) is 43.3 Å². The number of rotatable bonds is 8. The molecule has 0 atom stereocenters. The number of benzene rings is 2. The lowest BCUT2D eigenvalue weighted by Gasteiger charge is -2.09. The second-order valence-corrected chi connectivity index (χ2v) is 6.79. The number of para-hydroxylation sites is 1. The van der Waals surface area contributed by atoms with Crippen LogP contribution in [0.15, 0.2) is 48.5 Å². The molecule has 0 saturated heterocycles. The van der Waals surface area contributed by atoms with E-state index in [0.29, 0.717) is 34.7 Å². The van der Waals surface area contributed by atoms with Crippen LogP contribution in [0, 0.1) is 5.82 Å². The van der Waals surface area contributed by atoms with Crippen LogP contribution in [0.5, 0.6) is 5.75 Å². The number of halogens is 2. The molecule has 0 saturated carbocycles. The van der Waals surface area contributed by atoms with Gasteiger partial charge >= 0.3 is 0 Å². The van der Waals surface area contributed by atoms with Gasteiger partial charge in [-0.25, -0.2) is 4.39 Å². The van der Waals surface area contributed by atoms with E-state index in [2.05, 4.69) is 10.6 Å². The molecule has 7 heteroatoms. The molecule has 0 aliphatic carbocycles. The minimum absolute atomic E-state index is 0. The molecule has 0 aliphatic heterocycles. The first-order chi connectivity index (χ1) is 12.7. The van der Waals surface area contributed by atoms with Gasteiger partial charge in [0, 0.05) is 28.7 Å². The van der Waals surface area contributed by atoms with Gasteiger partial charge in [0.15, 0.2) is 0 Å². The van der Waals surface area contributed by atoms with E-state index in [4.69, 9.17) is 4.74 Å².